The summed E-state index contributed by atoms with van der Waals surface area (Å²) in [5.74, 6) is -3.65. The Morgan fingerprint density at radius 2 is 1.60 bits per heavy atom. The first-order chi connectivity index (χ1) is 14.4. The van der Waals surface area contributed by atoms with Crippen LogP contribution in [0.1, 0.15) is 29.5 Å². The van der Waals surface area contributed by atoms with Gasteiger partial charge in [-0.25, -0.2) is 9.59 Å². The molecule has 0 bridgehead atoms. The van der Waals surface area contributed by atoms with E-state index in [0.29, 0.717) is 0 Å². The quantitative estimate of drug-likeness (QED) is 0.725. The predicted octanol–water partition coefficient (Wildman–Crippen LogP) is 3.52. The highest BCUT2D eigenvalue weighted by atomic mass is 35.5. The Bertz CT molecular complexity index is 869. The first-order valence-corrected chi connectivity index (χ1v) is 10.5. The average Bonchev–Trinajstić information content (AvgIpc) is 2.74. The number of rotatable bonds is 3. The lowest BCUT2D eigenvalue weighted by Gasteiger charge is -2.40. The van der Waals surface area contributed by atoms with Crippen LogP contribution in [-0.4, -0.2) is 57.6 Å². The number of nitrogens with zero attached hydrogens (tertiary/aromatic N) is 2. The smallest absolute Gasteiger partial charge is 0.414 e. The summed E-state index contributed by atoms with van der Waals surface area (Å²) >= 11 is 6.10. The van der Waals surface area contributed by atoms with E-state index >= 15 is 0 Å². The second-order valence-corrected chi connectivity index (χ2v) is 8.17. The summed E-state index contributed by atoms with van der Waals surface area (Å²) in [6.07, 6.45) is 3.77. The number of carbonyl (C=O) groups is 2. The molecule has 2 aliphatic rings. The highest BCUT2D eigenvalue weighted by Gasteiger charge is 2.27. The molecule has 160 valence electrons. The van der Waals surface area contributed by atoms with Gasteiger partial charge in [-0.1, -0.05) is 48.0 Å². The fraction of sp³-hybridized carbons (Fsp3) is 0.391. The number of aliphatic carboxylic acids is 2. The summed E-state index contributed by atoms with van der Waals surface area (Å²) in [5.41, 5.74) is 4.41. The lowest BCUT2D eigenvalue weighted by molar-refractivity contribution is -0.159. The van der Waals surface area contributed by atoms with Gasteiger partial charge < -0.3 is 10.2 Å². The fourth-order valence-corrected chi connectivity index (χ4v) is 4.38. The molecule has 2 aromatic carbocycles. The molecule has 6 nitrogen and oxygen atoms in total. The van der Waals surface area contributed by atoms with Crippen molar-refractivity contribution < 1.29 is 19.8 Å². The Kier molecular flexibility index (Phi) is 7.85. The minimum absolute atomic E-state index is 0.744. The molecule has 0 aliphatic carbocycles. The van der Waals surface area contributed by atoms with Gasteiger partial charge in [0.05, 0.1) is 0 Å². The molecule has 1 fully saturated rings. The Morgan fingerprint density at radius 3 is 2.23 bits per heavy atom. The average molecular weight is 431 g/mol. The molecule has 2 aromatic rings. The van der Waals surface area contributed by atoms with Crippen LogP contribution in [0.4, 0.5) is 0 Å². The predicted molar refractivity (Wildman–Crippen MR) is 116 cm³/mol. The zero-order chi connectivity index (χ0) is 21.5. The number of halogens is 1. The lowest BCUT2D eigenvalue weighted by Crippen LogP contribution is -2.46. The van der Waals surface area contributed by atoms with Gasteiger partial charge in [0.25, 0.3) is 0 Å². The summed E-state index contributed by atoms with van der Waals surface area (Å²) in [6.45, 7) is 5.76. The van der Waals surface area contributed by atoms with Gasteiger partial charge >= 0.3 is 11.9 Å². The first-order valence-electron chi connectivity index (χ1n) is 10.2. The van der Waals surface area contributed by atoms with Crippen molar-refractivity contribution in [1.82, 2.24) is 9.80 Å². The van der Waals surface area contributed by atoms with Gasteiger partial charge in [-0.2, -0.15) is 0 Å². The van der Waals surface area contributed by atoms with Gasteiger partial charge in [0.1, 0.15) is 0 Å². The van der Waals surface area contributed by atoms with Crippen molar-refractivity contribution in [2.75, 3.05) is 19.6 Å². The number of hydrogen-bond donors (Lipinski definition) is 2. The molecule has 2 heterocycles. The van der Waals surface area contributed by atoms with Crippen LogP contribution < -0.4 is 0 Å². The monoisotopic (exact) mass is 430 g/mol. The van der Waals surface area contributed by atoms with E-state index in [0.717, 1.165) is 24.2 Å². The molecule has 4 rings (SSSR count). The maximum absolute atomic E-state index is 9.10. The summed E-state index contributed by atoms with van der Waals surface area (Å²) < 4.78 is 0. The second kappa shape index (κ2) is 10.6. The zero-order valence-corrected chi connectivity index (χ0v) is 17.6. The van der Waals surface area contributed by atoms with Crippen molar-refractivity contribution in [3.63, 3.8) is 0 Å². The van der Waals surface area contributed by atoms with Crippen molar-refractivity contribution in [3.8, 4) is 0 Å². The van der Waals surface area contributed by atoms with Crippen molar-refractivity contribution >= 4 is 23.5 Å². The molecule has 2 aliphatic heterocycles. The number of carboxylic acids is 2. The van der Waals surface area contributed by atoms with Crippen molar-refractivity contribution in [3.05, 3.63) is 70.2 Å². The SMILES string of the molecule is Clc1cccc(CN2CCC(N3CCc4ccccc4C3)CC2)c1.O=C(O)C(=O)O. The molecule has 1 saturated heterocycles. The minimum Gasteiger partial charge on any atom is -0.473 e. The molecule has 30 heavy (non-hydrogen) atoms. The summed E-state index contributed by atoms with van der Waals surface area (Å²) in [6, 6.07) is 18.0. The van der Waals surface area contributed by atoms with E-state index in [4.69, 9.17) is 31.4 Å². The van der Waals surface area contributed by atoms with Gasteiger partial charge in [0.15, 0.2) is 0 Å². The Hall–Kier alpha value is -2.41. The normalized spacial score (nSPS) is 17.5. The first kappa shape index (κ1) is 22.3. The molecule has 2 N–H and O–H groups in total. The summed E-state index contributed by atoms with van der Waals surface area (Å²) in [7, 11) is 0. The minimum atomic E-state index is -1.82. The van der Waals surface area contributed by atoms with Crippen LogP contribution in [0.5, 0.6) is 0 Å². The number of carboxylic acid groups (broad SMARTS) is 2. The molecule has 7 heteroatoms. The molecular weight excluding hydrogens is 404 g/mol. The van der Waals surface area contributed by atoms with E-state index in [1.807, 2.05) is 6.07 Å². The second-order valence-electron chi connectivity index (χ2n) is 7.74. The number of likely N-dealkylation sites (tertiary alicyclic amines) is 1. The van der Waals surface area contributed by atoms with Crippen molar-refractivity contribution in [2.45, 2.75) is 38.4 Å². The highest BCUT2D eigenvalue weighted by molar-refractivity contribution is 6.30. The van der Waals surface area contributed by atoms with Crippen LogP contribution in [0, 0.1) is 0 Å². The third-order valence-electron chi connectivity index (χ3n) is 5.71. The van der Waals surface area contributed by atoms with Gasteiger partial charge in [-0.3, -0.25) is 9.80 Å². The largest absolute Gasteiger partial charge is 0.473 e. The zero-order valence-electron chi connectivity index (χ0n) is 16.8. The van der Waals surface area contributed by atoms with Crippen LogP contribution >= 0.6 is 11.6 Å². The molecule has 0 radical (unpaired) electrons. The van der Waals surface area contributed by atoms with Crippen LogP contribution in [0.2, 0.25) is 5.02 Å². The molecule has 0 amide bonds. The number of benzene rings is 2. The molecule has 0 unspecified atom stereocenters. The number of hydrogen-bond acceptors (Lipinski definition) is 4. The van der Waals surface area contributed by atoms with E-state index in [2.05, 4.69) is 52.3 Å². The van der Waals surface area contributed by atoms with Gasteiger partial charge in [-0.05, 0) is 61.2 Å². The topological polar surface area (TPSA) is 81.1 Å². The third kappa shape index (κ3) is 6.29. The van der Waals surface area contributed by atoms with Gasteiger partial charge in [0, 0.05) is 30.7 Å². The van der Waals surface area contributed by atoms with Crippen LogP contribution in [0.25, 0.3) is 0 Å². The number of fused-ring (bicyclic) bond motifs is 1. The van der Waals surface area contributed by atoms with E-state index in [-0.39, 0.29) is 0 Å². The highest BCUT2D eigenvalue weighted by Crippen LogP contribution is 2.25. The van der Waals surface area contributed by atoms with E-state index in [1.165, 1.54) is 50.0 Å². The Morgan fingerprint density at radius 1 is 0.933 bits per heavy atom. The van der Waals surface area contributed by atoms with E-state index < -0.39 is 11.9 Å². The lowest BCUT2D eigenvalue weighted by atomic mass is 9.95. The summed E-state index contributed by atoms with van der Waals surface area (Å²) in [5, 5.41) is 15.6. The van der Waals surface area contributed by atoms with Crippen molar-refractivity contribution in [2.24, 2.45) is 0 Å². The fourth-order valence-electron chi connectivity index (χ4n) is 4.17. The van der Waals surface area contributed by atoms with Gasteiger partial charge in [-0.15, -0.1) is 0 Å². The van der Waals surface area contributed by atoms with Crippen LogP contribution in [0.15, 0.2) is 48.5 Å². The molecular formula is C23H27ClN2O4. The standard InChI is InChI=1S/C21H25ClN2.C2H2O4/c22-20-7-3-4-17(14-20)15-23-11-9-21(10-12-23)24-13-8-18-5-1-2-6-19(18)16-24;3-1(4)2(5)6/h1-7,14,21H,8-13,15-16H2;(H,3,4)(H,5,6). The van der Waals surface area contributed by atoms with Crippen LogP contribution in [-0.2, 0) is 29.1 Å². The Balaban J connectivity index is 0.000000377. The number of piperidine rings is 1. The molecule has 0 atom stereocenters. The van der Waals surface area contributed by atoms with E-state index in [9.17, 15) is 0 Å². The van der Waals surface area contributed by atoms with Crippen LogP contribution in [0.3, 0.4) is 0 Å². The molecule has 0 saturated carbocycles. The van der Waals surface area contributed by atoms with Crippen molar-refractivity contribution in [1.29, 1.82) is 0 Å². The van der Waals surface area contributed by atoms with E-state index in [1.54, 1.807) is 5.56 Å². The maximum Gasteiger partial charge on any atom is 0.414 e. The molecule has 0 aromatic heterocycles. The summed E-state index contributed by atoms with van der Waals surface area (Å²) in [4.78, 5) is 23.5. The maximum atomic E-state index is 9.10. The Labute approximate surface area is 181 Å². The van der Waals surface area contributed by atoms with Gasteiger partial charge in [0.2, 0.25) is 0 Å². The third-order valence-corrected chi connectivity index (χ3v) is 5.95. The molecule has 0 spiro atoms.